The predicted octanol–water partition coefficient (Wildman–Crippen LogP) is 4.54. The van der Waals surface area contributed by atoms with Gasteiger partial charge in [0.2, 0.25) is 11.9 Å². The van der Waals surface area contributed by atoms with Crippen molar-refractivity contribution in [1.29, 1.82) is 0 Å². The van der Waals surface area contributed by atoms with E-state index in [0.717, 1.165) is 41.2 Å². The van der Waals surface area contributed by atoms with Gasteiger partial charge in [-0.05, 0) is 30.2 Å². The van der Waals surface area contributed by atoms with E-state index in [1.54, 1.807) is 17.8 Å². The Morgan fingerprint density at radius 3 is 2.73 bits per heavy atom. The Morgan fingerprint density at radius 1 is 1.20 bits per heavy atom. The highest BCUT2D eigenvalue weighted by Crippen LogP contribution is 2.31. The molecule has 1 aliphatic heterocycles. The number of Topliss-reactive ketones (excluding diaryl/α,β-unsaturated/α-hetero) is 1. The van der Waals surface area contributed by atoms with Gasteiger partial charge < -0.3 is 0 Å². The average molecular weight is 421 g/mol. The van der Waals surface area contributed by atoms with Crippen LogP contribution in [0.2, 0.25) is 0 Å². The second kappa shape index (κ2) is 8.83. The van der Waals surface area contributed by atoms with Crippen molar-refractivity contribution in [2.24, 2.45) is 4.99 Å². The number of fused-ring (bicyclic) bond motifs is 1. The average Bonchev–Trinajstić information content (AvgIpc) is 3.31. The van der Waals surface area contributed by atoms with Crippen LogP contribution in [-0.2, 0) is 11.2 Å². The quantitative estimate of drug-likeness (QED) is 0.594. The van der Waals surface area contributed by atoms with E-state index in [9.17, 15) is 9.59 Å². The minimum absolute atomic E-state index is 0.0433. The first-order valence-corrected chi connectivity index (χ1v) is 11.0. The number of aliphatic imine (C=N–C) groups is 1. The molecule has 1 atom stereocenters. The number of amides is 1. The number of anilines is 1. The topological polar surface area (TPSA) is 76.3 Å². The molecule has 0 radical (unpaired) electrons. The zero-order chi connectivity index (χ0) is 21.1. The minimum Gasteiger partial charge on any atom is -0.296 e. The van der Waals surface area contributed by atoms with Gasteiger partial charge in [-0.2, -0.15) is 0 Å². The number of aromatic nitrogens is 2. The van der Waals surface area contributed by atoms with Crippen molar-refractivity contribution in [3.05, 3.63) is 59.7 Å². The molecule has 1 aliphatic rings. The summed E-state index contributed by atoms with van der Waals surface area (Å²) >= 11 is 1.70. The predicted molar refractivity (Wildman–Crippen MR) is 123 cm³/mol. The molecule has 1 aromatic heterocycles. The number of ketones is 1. The summed E-state index contributed by atoms with van der Waals surface area (Å²) in [4.78, 5) is 33.9. The molecule has 0 bridgehead atoms. The monoisotopic (exact) mass is 420 g/mol. The standard InChI is InChI=1S/C23H24N4O2S/c1-3-7-18-14-24-23(30-18)27-20-13-17(21(29)12-16-8-5-4-6-9-16)10-11-19(20)26-22(27)25-15(2)28/h4-6,8-11,13,18H,3,7,12,14H2,1-2H3,(H,25,26,28). The molecular weight excluding hydrogens is 396 g/mol. The number of imidazole rings is 1. The molecule has 0 fully saturated rings. The normalized spacial score (nSPS) is 15.9. The van der Waals surface area contributed by atoms with Crippen LogP contribution in [0.15, 0.2) is 53.5 Å². The van der Waals surface area contributed by atoms with Gasteiger partial charge in [0.05, 0.1) is 17.6 Å². The van der Waals surface area contributed by atoms with Gasteiger partial charge in [-0.25, -0.2) is 4.98 Å². The van der Waals surface area contributed by atoms with Gasteiger partial charge in [0.25, 0.3) is 0 Å². The van der Waals surface area contributed by atoms with Crippen LogP contribution in [0.25, 0.3) is 11.0 Å². The summed E-state index contributed by atoms with van der Waals surface area (Å²) in [5, 5.41) is 4.05. The van der Waals surface area contributed by atoms with Gasteiger partial charge in [-0.15, -0.1) is 0 Å². The maximum absolute atomic E-state index is 12.9. The van der Waals surface area contributed by atoms with E-state index < -0.39 is 0 Å². The third kappa shape index (κ3) is 4.31. The van der Waals surface area contributed by atoms with E-state index in [2.05, 4.69) is 17.2 Å². The number of carbonyl (C=O) groups is 2. The molecule has 4 rings (SSSR count). The van der Waals surface area contributed by atoms with Gasteiger partial charge in [0.1, 0.15) is 0 Å². The first-order valence-electron chi connectivity index (χ1n) is 10.1. The Balaban J connectivity index is 1.71. The highest BCUT2D eigenvalue weighted by molar-refractivity contribution is 8.14. The van der Waals surface area contributed by atoms with Crippen LogP contribution in [0, 0.1) is 0 Å². The van der Waals surface area contributed by atoms with Crippen LogP contribution in [0.4, 0.5) is 5.95 Å². The molecule has 2 heterocycles. The summed E-state index contributed by atoms with van der Waals surface area (Å²) in [7, 11) is 0. The van der Waals surface area contributed by atoms with Crippen molar-refractivity contribution in [1.82, 2.24) is 9.55 Å². The van der Waals surface area contributed by atoms with Crippen molar-refractivity contribution < 1.29 is 9.59 Å². The van der Waals surface area contributed by atoms with Gasteiger partial charge in [0, 0.05) is 24.2 Å². The number of hydrogen-bond donors (Lipinski definition) is 1. The van der Waals surface area contributed by atoms with Gasteiger partial charge >= 0.3 is 0 Å². The molecule has 7 heteroatoms. The Morgan fingerprint density at radius 2 is 2.00 bits per heavy atom. The van der Waals surface area contributed by atoms with E-state index in [-0.39, 0.29) is 11.7 Å². The number of carbonyl (C=O) groups excluding carboxylic acids is 2. The van der Waals surface area contributed by atoms with E-state index in [1.165, 1.54) is 6.92 Å². The molecule has 0 spiro atoms. The summed E-state index contributed by atoms with van der Waals surface area (Å²) in [6.45, 7) is 4.38. The minimum atomic E-state index is -0.194. The second-order valence-corrected chi connectivity index (χ2v) is 8.66. The van der Waals surface area contributed by atoms with Crippen molar-refractivity contribution in [2.75, 3.05) is 11.9 Å². The Hall–Kier alpha value is -2.93. The van der Waals surface area contributed by atoms with Gasteiger partial charge in [-0.1, -0.05) is 55.4 Å². The lowest BCUT2D eigenvalue weighted by atomic mass is 10.0. The molecule has 1 unspecified atom stereocenters. The first-order chi connectivity index (χ1) is 14.5. The number of rotatable bonds is 6. The van der Waals surface area contributed by atoms with Crippen molar-refractivity contribution in [3.8, 4) is 0 Å². The lowest BCUT2D eigenvalue weighted by molar-refractivity contribution is -0.114. The van der Waals surface area contributed by atoms with Crippen molar-refractivity contribution in [2.45, 2.75) is 38.4 Å². The van der Waals surface area contributed by atoms with Crippen LogP contribution in [0.1, 0.15) is 42.6 Å². The van der Waals surface area contributed by atoms with Gasteiger partial charge in [-0.3, -0.25) is 24.5 Å². The summed E-state index contributed by atoms with van der Waals surface area (Å²) in [6, 6.07) is 15.2. The fourth-order valence-corrected chi connectivity index (χ4v) is 4.81. The summed E-state index contributed by atoms with van der Waals surface area (Å²) in [5.74, 6) is 0.288. The second-order valence-electron chi connectivity index (χ2n) is 7.39. The van der Waals surface area contributed by atoms with Gasteiger partial charge in [0.15, 0.2) is 11.0 Å². The summed E-state index contributed by atoms with van der Waals surface area (Å²) in [6.07, 6.45) is 2.52. The highest BCUT2D eigenvalue weighted by atomic mass is 32.2. The maximum atomic E-state index is 12.9. The molecular formula is C23H24N4O2S. The maximum Gasteiger partial charge on any atom is 0.223 e. The fourth-order valence-electron chi connectivity index (χ4n) is 3.57. The largest absolute Gasteiger partial charge is 0.296 e. The number of nitrogens with one attached hydrogen (secondary N) is 1. The number of nitrogens with zero attached hydrogens (tertiary/aromatic N) is 3. The third-order valence-electron chi connectivity index (χ3n) is 4.98. The Kier molecular flexibility index (Phi) is 5.99. The number of thioether (sulfide) groups is 1. The third-order valence-corrected chi connectivity index (χ3v) is 6.22. The Labute approximate surface area is 179 Å². The fraction of sp³-hybridized carbons (Fsp3) is 0.304. The van der Waals surface area contributed by atoms with E-state index >= 15 is 0 Å². The molecule has 0 saturated carbocycles. The van der Waals surface area contributed by atoms with Crippen LogP contribution < -0.4 is 5.32 Å². The smallest absolute Gasteiger partial charge is 0.223 e. The molecule has 154 valence electrons. The number of benzene rings is 2. The van der Waals surface area contributed by atoms with Crippen LogP contribution >= 0.6 is 11.8 Å². The molecule has 6 nitrogen and oxygen atoms in total. The van der Waals surface area contributed by atoms with E-state index in [0.29, 0.717) is 23.2 Å². The molecule has 0 aliphatic carbocycles. The van der Waals surface area contributed by atoms with E-state index in [1.807, 2.05) is 47.0 Å². The zero-order valence-electron chi connectivity index (χ0n) is 17.1. The van der Waals surface area contributed by atoms with Crippen LogP contribution in [0.5, 0.6) is 0 Å². The van der Waals surface area contributed by atoms with Crippen molar-refractivity contribution in [3.63, 3.8) is 0 Å². The molecule has 0 saturated heterocycles. The van der Waals surface area contributed by atoms with E-state index in [4.69, 9.17) is 4.99 Å². The van der Waals surface area contributed by atoms with Crippen LogP contribution in [0.3, 0.4) is 0 Å². The zero-order valence-corrected chi connectivity index (χ0v) is 17.9. The van der Waals surface area contributed by atoms with Crippen LogP contribution in [-0.4, -0.2) is 38.2 Å². The number of hydrogen-bond acceptors (Lipinski definition) is 5. The molecule has 3 aromatic rings. The SMILES string of the molecule is CCCC1CN=C(n2c(NC(C)=O)nc3ccc(C(=O)Cc4ccccc4)cc32)S1. The highest BCUT2D eigenvalue weighted by Gasteiger charge is 2.25. The Bertz CT molecular complexity index is 1120. The lowest BCUT2D eigenvalue weighted by Gasteiger charge is -2.10. The lowest BCUT2D eigenvalue weighted by Crippen LogP contribution is -2.16. The molecule has 1 amide bonds. The molecule has 1 N–H and O–H groups in total. The van der Waals surface area contributed by atoms with Crippen molar-refractivity contribution >= 4 is 45.6 Å². The molecule has 2 aromatic carbocycles. The summed E-state index contributed by atoms with van der Waals surface area (Å²) in [5.41, 5.74) is 3.10. The first kappa shape index (κ1) is 20.3. The molecule has 30 heavy (non-hydrogen) atoms. The summed E-state index contributed by atoms with van der Waals surface area (Å²) < 4.78 is 1.87.